The van der Waals surface area contributed by atoms with Crippen LogP contribution in [0.1, 0.15) is 51.5 Å². The highest BCUT2D eigenvalue weighted by Gasteiger charge is 2.12. The average Bonchev–Trinajstić information content (AvgIpc) is 2.66. The first-order chi connectivity index (χ1) is 13.4. The van der Waals surface area contributed by atoms with Crippen LogP contribution in [0, 0.1) is 0 Å². The Balaban J connectivity index is 2.14. The number of hydrogen-bond acceptors (Lipinski definition) is 6. The van der Waals surface area contributed by atoms with Gasteiger partial charge in [-0.05, 0) is 50.3 Å². The van der Waals surface area contributed by atoms with Gasteiger partial charge in [-0.3, -0.25) is 9.59 Å². The maximum absolute atomic E-state index is 11.9. The number of carbonyl (C=O) groups excluding carboxylic acids is 2. The third kappa shape index (κ3) is 10.7. The van der Waals surface area contributed by atoms with Crippen molar-refractivity contribution in [2.45, 2.75) is 64.8 Å². The molecule has 0 aliphatic rings. The lowest BCUT2D eigenvalue weighted by Gasteiger charge is -2.16. The number of carbonyl (C=O) groups is 2. The fraction of sp³-hybridized carbons (Fsp3) is 0.545. The number of rotatable bonds is 14. The Labute approximate surface area is 167 Å². The minimum Gasteiger partial charge on any atom is -0.497 e. The lowest BCUT2D eigenvalue weighted by molar-refractivity contribution is -0.147. The van der Waals surface area contributed by atoms with Gasteiger partial charge in [-0.15, -0.1) is 0 Å². The third-order valence-electron chi connectivity index (χ3n) is 4.11. The van der Waals surface area contributed by atoms with Gasteiger partial charge in [-0.25, -0.2) is 0 Å². The summed E-state index contributed by atoms with van der Waals surface area (Å²) in [6, 6.07) is 7.67. The summed E-state index contributed by atoms with van der Waals surface area (Å²) < 4.78 is 21.2. The normalized spacial score (nSPS) is 12.7. The molecular formula is C22H32O6. The molecule has 28 heavy (non-hydrogen) atoms. The number of benzene rings is 1. The zero-order chi connectivity index (χ0) is 20.8. The molecule has 0 unspecified atom stereocenters. The van der Waals surface area contributed by atoms with Crippen molar-refractivity contribution in [3.05, 3.63) is 42.5 Å². The van der Waals surface area contributed by atoms with Crippen LogP contribution in [0.4, 0.5) is 0 Å². The third-order valence-corrected chi connectivity index (χ3v) is 4.11. The number of hydrogen-bond donors (Lipinski definition) is 0. The summed E-state index contributed by atoms with van der Waals surface area (Å²) in [6.07, 6.45) is 4.24. The molecule has 0 bridgehead atoms. The molecule has 6 heteroatoms. The van der Waals surface area contributed by atoms with E-state index in [-0.39, 0.29) is 24.1 Å². The lowest BCUT2D eigenvalue weighted by Crippen LogP contribution is -2.18. The molecule has 0 saturated carbocycles. The zero-order valence-corrected chi connectivity index (χ0v) is 17.1. The first-order valence-corrected chi connectivity index (χ1v) is 9.64. The molecule has 0 fully saturated rings. The van der Waals surface area contributed by atoms with Crippen LogP contribution in [-0.2, 0) is 30.4 Å². The molecule has 0 heterocycles. The summed E-state index contributed by atoms with van der Waals surface area (Å²) in [5.41, 5.74) is 1.05. The van der Waals surface area contributed by atoms with Gasteiger partial charge in [0.05, 0.1) is 19.8 Å². The van der Waals surface area contributed by atoms with Gasteiger partial charge in [0.15, 0.2) is 0 Å². The van der Waals surface area contributed by atoms with Crippen LogP contribution in [-0.4, -0.2) is 37.9 Å². The van der Waals surface area contributed by atoms with Gasteiger partial charge >= 0.3 is 11.9 Å². The summed E-state index contributed by atoms with van der Waals surface area (Å²) in [7, 11) is 1.63. The average molecular weight is 392 g/mol. The molecule has 1 aromatic carbocycles. The lowest BCUT2D eigenvalue weighted by atomic mass is 10.1. The van der Waals surface area contributed by atoms with Crippen molar-refractivity contribution in [2.75, 3.05) is 13.7 Å². The molecule has 0 N–H and O–H groups in total. The van der Waals surface area contributed by atoms with Gasteiger partial charge in [0.1, 0.15) is 11.9 Å². The second-order valence-corrected chi connectivity index (χ2v) is 6.62. The summed E-state index contributed by atoms with van der Waals surface area (Å²) in [6.45, 7) is 7.94. The van der Waals surface area contributed by atoms with Crippen molar-refractivity contribution < 1.29 is 28.5 Å². The summed E-state index contributed by atoms with van der Waals surface area (Å²) in [4.78, 5) is 22.8. The molecule has 0 radical (unpaired) electrons. The Bertz CT molecular complexity index is 596. The van der Waals surface area contributed by atoms with Crippen LogP contribution in [0.2, 0.25) is 0 Å². The molecule has 0 aliphatic carbocycles. The van der Waals surface area contributed by atoms with E-state index in [1.807, 2.05) is 31.2 Å². The Hall–Kier alpha value is -2.34. The van der Waals surface area contributed by atoms with E-state index < -0.39 is 0 Å². The molecule has 0 aliphatic heterocycles. The van der Waals surface area contributed by atoms with E-state index in [0.717, 1.165) is 24.2 Å². The van der Waals surface area contributed by atoms with Crippen LogP contribution in [0.15, 0.2) is 36.9 Å². The van der Waals surface area contributed by atoms with Crippen LogP contribution in [0.5, 0.6) is 5.75 Å². The molecule has 1 aromatic rings. The topological polar surface area (TPSA) is 71.1 Å². The van der Waals surface area contributed by atoms with Crippen LogP contribution >= 0.6 is 0 Å². The van der Waals surface area contributed by atoms with Crippen molar-refractivity contribution in [3.8, 4) is 5.75 Å². The fourth-order valence-electron chi connectivity index (χ4n) is 2.63. The van der Waals surface area contributed by atoms with Gasteiger partial charge < -0.3 is 18.9 Å². The van der Waals surface area contributed by atoms with Gasteiger partial charge in [0.25, 0.3) is 0 Å². The predicted octanol–water partition coefficient (Wildman–Crippen LogP) is 4.21. The minimum absolute atomic E-state index is 0.137. The zero-order valence-electron chi connectivity index (χ0n) is 17.1. The maximum atomic E-state index is 11.9. The summed E-state index contributed by atoms with van der Waals surface area (Å²) in [5.74, 6) is 0.267. The van der Waals surface area contributed by atoms with Gasteiger partial charge in [0, 0.05) is 20.0 Å². The van der Waals surface area contributed by atoms with Crippen molar-refractivity contribution in [3.63, 3.8) is 0 Å². The van der Waals surface area contributed by atoms with E-state index in [1.165, 1.54) is 6.92 Å². The highest BCUT2D eigenvalue weighted by atomic mass is 16.5. The van der Waals surface area contributed by atoms with E-state index in [2.05, 4.69) is 6.58 Å². The fourth-order valence-corrected chi connectivity index (χ4v) is 2.63. The Morgan fingerprint density at radius 2 is 1.82 bits per heavy atom. The molecular weight excluding hydrogens is 360 g/mol. The van der Waals surface area contributed by atoms with Gasteiger partial charge in [-0.1, -0.05) is 24.8 Å². The van der Waals surface area contributed by atoms with Gasteiger partial charge in [-0.2, -0.15) is 0 Å². The second-order valence-electron chi connectivity index (χ2n) is 6.62. The molecule has 1 rings (SSSR count). The van der Waals surface area contributed by atoms with Crippen molar-refractivity contribution in [1.82, 2.24) is 0 Å². The molecule has 2 atom stereocenters. The standard InChI is InChI=1S/C22H32O6/c1-5-20(9-6-8-17(2)27-18(3)23)28-22(24)10-7-15-26-16-19-11-13-21(25-4)14-12-19/h5,11-14,17,20H,1,6-10,15-16H2,2-4H3/t17-,20-/m0/s1. The van der Waals surface area contributed by atoms with Crippen LogP contribution in [0.25, 0.3) is 0 Å². The quantitative estimate of drug-likeness (QED) is 0.268. The number of methoxy groups -OCH3 is 1. The van der Waals surface area contributed by atoms with Crippen molar-refractivity contribution >= 4 is 11.9 Å². The maximum Gasteiger partial charge on any atom is 0.306 e. The first kappa shape index (κ1) is 23.7. The largest absolute Gasteiger partial charge is 0.497 e. The molecule has 0 aromatic heterocycles. The van der Waals surface area contributed by atoms with Crippen LogP contribution in [0.3, 0.4) is 0 Å². The van der Waals surface area contributed by atoms with Gasteiger partial charge in [0.2, 0.25) is 0 Å². The molecule has 156 valence electrons. The van der Waals surface area contributed by atoms with Crippen molar-refractivity contribution in [1.29, 1.82) is 0 Å². The molecule has 0 saturated heterocycles. The number of ether oxygens (including phenoxy) is 4. The van der Waals surface area contributed by atoms with E-state index in [0.29, 0.717) is 32.5 Å². The highest BCUT2D eigenvalue weighted by Crippen LogP contribution is 2.13. The predicted molar refractivity (Wildman–Crippen MR) is 107 cm³/mol. The highest BCUT2D eigenvalue weighted by molar-refractivity contribution is 5.69. The van der Waals surface area contributed by atoms with Crippen molar-refractivity contribution in [2.24, 2.45) is 0 Å². The smallest absolute Gasteiger partial charge is 0.306 e. The Kier molecular flexibility index (Phi) is 11.7. The Morgan fingerprint density at radius 3 is 2.43 bits per heavy atom. The van der Waals surface area contributed by atoms with E-state index in [4.69, 9.17) is 18.9 Å². The SMILES string of the molecule is C=C[C@@H](CCC[C@H](C)OC(C)=O)OC(=O)CCCOCc1ccc(OC)cc1. The molecule has 0 spiro atoms. The summed E-state index contributed by atoms with van der Waals surface area (Å²) in [5, 5.41) is 0. The van der Waals surface area contributed by atoms with E-state index in [9.17, 15) is 9.59 Å². The second kappa shape index (κ2) is 13.8. The molecule has 6 nitrogen and oxygen atoms in total. The van der Waals surface area contributed by atoms with Crippen LogP contribution < -0.4 is 4.74 Å². The Morgan fingerprint density at radius 1 is 1.11 bits per heavy atom. The monoisotopic (exact) mass is 392 g/mol. The number of esters is 2. The first-order valence-electron chi connectivity index (χ1n) is 9.64. The summed E-state index contributed by atoms with van der Waals surface area (Å²) >= 11 is 0. The van der Waals surface area contributed by atoms with E-state index in [1.54, 1.807) is 13.2 Å². The molecule has 0 amide bonds. The van der Waals surface area contributed by atoms with E-state index >= 15 is 0 Å². The minimum atomic E-state index is -0.322.